The van der Waals surface area contributed by atoms with Gasteiger partial charge in [0.2, 0.25) is 0 Å². The number of benzene rings is 2. The molecule has 0 aliphatic rings. The van der Waals surface area contributed by atoms with Gasteiger partial charge in [0.05, 0.1) is 11.6 Å². The van der Waals surface area contributed by atoms with E-state index in [0.717, 1.165) is 5.56 Å². The van der Waals surface area contributed by atoms with Crippen molar-refractivity contribution in [2.24, 2.45) is 0 Å². The molecule has 2 rings (SSSR count). The van der Waals surface area contributed by atoms with Gasteiger partial charge in [-0.3, -0.25) is 0 Å². The van der Waals surface area contributed by atoms with Crippen molar-refractivity contribution < 1.29 is 0 Å². The van der Waals surface area contributed by atoms with Crippen molar-refractivity contribution in [3.63, 3.8) is 0 Å². The maximum atomic E-state index is 9.00. The largest absolute Gasteiger partial charge is 0.192 e. The third-order valence-electron chi connectivity index (χ3n) is 3.43. The summed E-state index contributed by atoms with van der Waals surface area (Å²) >= 11 is 0. The fourth-order valence-electron chi connectivity index (χ4n) is 2.15. The van der Waals surface area contributed by atoms with Crippen molar-refractivity contribution in [1.82, 2.24) is 0 Å². The van der Waals surface area contributed by atoms with E-state index in [1.807, 2.05) is 18.2 Å². The van der Waals surface area contributed by atoms with Crippen molar-refractivity contribution >= 4 is 0 Å². The zero-order valence-electron chi connectivity index (χ0n) is 12.0. The average Bonchev–Trinajstić information content (AvgIpc) is 2.38. The van der Waals surface area contributed by atoms with Gasteiger partial charge < -0.3 is 0 Å². The molecule has 0 aliphatic heterocycles. The zero-order valence-corrected chi connectivity index (χ0v) is 12.0. The highest BCUT2D eigenvalue weighted by Gasteiger charge is 2.13. The van der Waals surface area contributed by atoms with Gasteiger partial charge in [-0.2, -0.15) is 5.26 Å². The van der Waals surface area contributed by atoms with Crippen molar-refractivity contribution in [1.29, 1.82) is 5.26 Å². The van der Waals surface area contributed by atoms with Gasteiger partial charge in [0.15, 0.2) is 0 Å². The van der Waals surface area contributed by atoms with E-state index in [1.165, 1.54) is 16.7 Å². The summed E-state index contributed by atoms with van der Waals surface area (Å²) in [6.45, 7) is 8.71. The standard InChI is InChI=1S/C18H19N/c1-13-5-6-14(12-19)11-17(13)15-7-9-16(10-8-15)18(2,3)4/h5-11H,1-4H3. The summed E-state index contributed by atoms with van der Waals surface area (Å²) in [5.74, 6) is 0. The summed E-state index contributed by atoms with van der Waals surface area (Å²) in [6.07, 6.45) is 0. The lowest BCUT2D eigenvalue weighted by atomic mass is 9.86. The topological polar surface area (TPSA) is 23.8 Å². The van der Waals surface area contributed by atoms with E-state index in [9.17, 15) is 0 Å². The molecule has 0 atom stereocenters. The maximum absolute atomic E-state index is 9.00. The lowest BCUT2D eigenvalue weighted by Gasteiger charge is -2.19. The van der Waals surface area contributed by atoms with Crippen molar-refractivity contribution in [2.75, 3.05) is 0 Å². The van der Waals surface area contributed by atoms with Gasteiger partial charge in [0, 0.05) is 0 Å². The van der Waals surface area contributed by atoms with E-state index < -0.39 is 0 Å². The van der Waals surface area contributed by atoms with E-state index in [-0.39, 0.29) is 5.41 Å². The Morgan fingerprint density at radius 1 is 0.947 bits per heavy atom. The second-order valence-corrected chi connectivity index (χ2v) is 5.97. The first-order valence-corrected chi connectivity index (χ1v) is 6.53. The van der Waals surface area contributed by atoms with Gasteiger partial charge in [-0.25, -0.2) is 0 Å². The fraction of sp³-hybridized carbons (Fsp3) is 0.278. The predicted octanol–water partition coefficient (Wildman–Crippen LogP) is 4.83. The van der Waals surface area contributed by atoms with Crippen LogP contribution in [0.25, 0.3) is 11.1 Å². The van der Waals surface area contributed by atoms with Crippen LogP contribution in [0.2, 0.25) is 0 Å². The Labute approximate surface area is 115 Å². The summed E-state index contributed by atoms with van der Waals surface area (Å²) in [5.41, 5.74) is 5.71. The molecule has 0 spiro atoms. The van der Waals surface area contributed by atoms with E-state index in [0.29, 0.717) is 5.56 Å². The molecule has 1 nitrogen and oxygen atoms in total. The SMILES string of the molecule is Cc1ccc(C#N)cc1-c1ccc(C(C)(C)C)cc1. The molecule has 0 fully saturated rings. The smallest absolute Gasteiger partial charge is 0.0991 e. The van der Waals surface area contributed by atoms with Crippen LogP contribution in [0.1, 0.15) is 37.5 Å². The van der Waals surface area contributed by atoms with Gasteiger partial charge in [-0.05, 0) is 46.7 Å². The van der Waals surface area contributed by atoms with E-state index in [4.69, 9.17) is 5.26 Å². The van der Waals surface area contributed by atoms with Crippen LogP contribution < -0.4 is 0 Å². The van der Waals surface area contributed by atoms with Gasteiger partial charge >= 0.3 is 0 Å². The number of rotatable bonds is 1. The van der Waals surface area contributed by atoms with Crippen molar-refractivity contribution in [3.8, 4) is 17.2 Å². The average molecular weight is 249 g/mol. The summed E-state index contributed by atoms with van der Waals surface area (Å²) in [5, 5.41) is 9.00. The van der Waals surface area contributed by atoms with E-state index in [1.54, 1.807) is 0 Å². The van der Waals surface area contributed by atoms with Crippen LogP contribution in [-0.2, 0) is 5.41 Å². The number of hydrogen-bond acceptors (Lipinski definition) is 1. The molecule has 1 heteroatoms. The first-order chi connectivity index (χ1) is 8.91. The molecule has 2 aromatic rings. The fourth-order valence-corrected chi connectivity index (χ4v) is 2.15. The molecule has 0 unspecified atom stereocenters. The molecule has 96 valence electrons. The Bertz CT molecular complexity index is 622. The summed E-state index contributed by atoms with van der Waals surface area (Å²) in [4.78, 5) is 0. The van der Waals surface area contributed by atoms with Gasteiger partial charge in [-0.1, -0.05) is 51.1 Å². The summed E-state index contributed by atoms with van der Waals surface area (Å²) in [6, 6.07) is 16.7. The molecule has 0 radical (unpaired) electrons. The van der Waals surface area contributed by atoms with Crippen LogP contribution in [-0.4, -0.2) is 0 Å². The van der Waals surface area contributed by atoms with Crippen molar-refractivity contribution in [3.05, 3.63) is 59.2 Å². The molecule has 2 aromatic carbocycles. The molecule has 0 amide bonds. The number of nitriles is 1. The van der Waals surface area contributed by atoms with Crippen LogP contribution in [0.4, 0.5) is 0 Å². The lowest BCUT2D eigenvalue weighted by molar-refractivity contribution is 0.590. The van der Waals surface area contributed by atoms with E-state index >= 15 is 0 Å². The van der Waals surface area contributed by atoms with Gasteiger partial charge in [0.25, 0.3) is 0 Å². The van der Waals surface area contributed by atoms with Crippen LogP contribution in [0, 0.1) is 18.3 Å². The Balaban J connectivity index is 2.46. The first-order valence-electron chi connectivity index (χ1n) is 6.53. The molecule has 19 heavy (non-hydrogen) atoms. The Morgan fingerprint density at radius 3 is 2.11 bits per heavy atom. The molecule has 0 bridgehead atoms. The van der Waals surface area contributed by atoms with Crippen molar-refractivity contribution in [2.45, 2.75) is 33.1 Å². The Morgan fingerprint density at radius 2 is 1.58 bits per heavy atom. The molecule has 0 N–H and O–H groups in total. The highest BCUT2D eigenvalue weighted by atomic mass is 14.2. The third-order valence-corrected chi connectivity index (χ3v) is 3.43. The summed E-state index contributed by atoms with van der Waals surface area (Å²) < 4.78 is 0. The minimum absolute atomic E-state index is 0.169. The van der Waals surface area contributed by atoms with Crippen LogP contribution in [0.5, 0.6) is 0 Å². The molecule has 0 aromatic heterocycles. The maximum Gasteiger partial charge on any atom is 0.0991 e. The number of aryl methyl sites for hydroxylation is 1. The van der Waals surface area contributed by atoms with Gasteiger partial charge in [-0.15, -0.1) is 0 Å². The first kappa shape index (κ1) is 13.4. The number of nitrogens with zero attached hydrogens (tertiary/aromatic N) is 1. The predicted molar refractivity (Wildman–Crippen MR) is 80.0 cm³/mol. The Kier molecular flexibility index (Phi) is 3.44. The van der Waals surface area contributed by atoms with Gasteiger partial charge in [0.1, 0.15) is 0 Å². The third kappa shape index (κ3) is 2.85. The van der Waals surface area contributed by atoms with Crippen LogP contribution in [0.3, 0.4) is 0 Å². The van der Waals surface area contributed by atoms with E-state index in [2.05, 4.69) is 58.0 Å². The molecular weight excluding hydrogens is 230 g/mol. The molecule has 0 aliphatic carbocycles. The summed E-state index contributed by atoms with van der Waals surface area (Å²) in [7, 11) is 0. The number of hydrogen-bond donors (Lipinski definition) is 0. The molecule has 0 saturated carbocycles. The quantitative estimate of drug-likeness (QED) is 0.710. The van der Waals surface area contributed by atoms with Crippen LogP contribution in [0.15, 0.2) is 42.5 Å². The molecule has 0 saturated heterocycles. The Hall–Kier alpha value is -2.07. The lowest BCUT2D eigenvalue weighted by Crippen LogP contribution is -2.10. The zero-order chi connectivity index (χ0) is 14.0. The second-order valence-electron chi connectivity index (χ2n) is 5.97. The minimum atomic E-state index is 0.169. The normalized spacial score (nSPS) is 11.1. The highest BCUT2D eigenvalue weighted by molar-refractivity contribution is 5.69. The van der Waals surface area contributed by atoms with Crippen LogP contribution >= 0.6 is 0 Å². The highest BCUT2D eigenvalue weighted by Crippen LogP contribution is 2.28. The molecular formula is C18H19N. The minimum Gasteiger partial charge on any atom is -0.192 e. The molecule has 0 heterocycles. The second kappa shape index (κ2) is 4.90. The monoisotopic (exact) mass is 249 g/mol.